The fraction of sp³-hybridized carbons (Fsp3) is 1.00. The second kappa shape index (κ2) is 12.6. The zero-order valence-corrected chi connectivity index (χ0v) is 15.1. The Morgan fingerprint density at radius 3 is 1.70 bits per heavy atom. The van der Waals surface area contributed by atoms with Crippen molar-refractivity contribution in [3.63, 3.8) is 0 Å². The topological polar surface area (TPSA) is 6.48 Å². The lowest BCUT2D eigenvalue weighted by Crippen LogP contribution is -2.49. The summed E-state index contributed by atoms with van der Waals surface area (Å²) in [6.45, 7) is 19.7. The van der Waals surface area contributed by atoms with Crippen molar-refractivity contribution in [1.82, 2.24) is 9.80 Å². The van der Waals surface area contributed by atoms with E-state index in [1.807, 2.05) is 13.8 Å². The van der Waals surface area contributed by atoms with E-state index in [9.17, 15) is 0 Å². The van der Waals surface area contributed by atoms with E-state index in [0.717, 1.165) is 12.0 Å². The first kappa shape index (κ1) is 19.9. The Kier molecular flexibility index (Phi) is 12.6. The maximum atomic E-state index is 2.68. The molecule has 0 aromatic rings. The third-order valence-corrected chi connectivity index (χ3v) is 4.38. The lowest BCUT2D eigenvalue weighted by Gasteiger charge is -2.37. The van der Waals surface area contributed by atoms with E-state index >= 15 is 0 Å². The minimum absolute atomic E-state index is 0.722. The number of hydrogen-bond acceptors (Lipinski definition) is 2. The van der Waals surface area contributed by atoms with Gasteiger partial charge in [0, 0.05) is 32.2 Å². The van der Waals surface area contributed by atoms with Gasteiger partial charge in [-0.2, -0.15) is 0 Å². The molecule has 1 rings (SSSR count). The van der Waals surface area contributed by atoms with E-state index in [1.165, 1.54) is 64.8 Å². The lowest BCUT2D eigenvalue weighted by atomic mass is 9.94. The highest BCUT2D eigenvalue weighted by atomic mass is 15.3. The molecule has 1 aliphatic heterocycles. The minimum Gasteiger partial charge on any atom is -0.301 e. The van der Waals surface area contributed by atoms with Crippen LogP contribution < -0.4 is 0 Å². The van der Waals surface area contributed by atoms with Crippen molar-refractivity contribution in [2.24, 2.45) is 5.92 Å². The van der Waals surface area contributed by atoms with Crippen LogP contribution in [0.2, 0.25) is 0 Å². The first-order valence-corrected chi connectivity index (χ1v) is 9.13. The average molecular weight is 285 g/mol. The lowest BCUT2D eigenvalue weighted by molar-refractivity contribution is 0.103. The highest BCUT2D eigenvalue weighted by molar-refractivity contribution is 4.75. The van der Waals surface area contributed by atoms with Gasteiger partial charge in [0.1, 0.15) is 0 Å². The molecule has 0 N–H and O–H groups in total. The zero-order valence-electron chi connectivity index (χ0n) is 15.1. The number of piperazine rings is 1. The van der Waals surface area contributed by atoms with Gasteiger partial charge in [0.2, 0.25) is 0 Å². The van der Waals surface area contributed by atoms with Gasteiger partial charge in [-0.25, -0.2) is 0 Å². The third-order valence-electron chi connectivity index (χ3n) is 4.38. The molecule has 0 saturated carbocycles. The van der Waals surface area contributed by atoms with E-state index in [-0.39, 0.29) is 0 Å². The Labute approximate surface area is 128 Å². The molecular weight excluding hydrogens is 244 g/mol. The van der Waals surface area contributed by atoms with Crippen LogP contribution in [0.15, 0.2) is 0 Å². The number of rotatable bonds is 8. The van der Waals surface area contributed by atoms with E-state index in [1.54, 1.807) is 0 Å². The molecule has 0 aliphatic carbocycles. The molecule has 0 bridgehead atoms. The standard InChI is InChI=1S/C16H34N2.C2H6/c1-5-7-16(8-6-2)9-10-17-11-13-18(14-12-17)15(3)4;1-2/h15-16H,5-14H2,1-4H3;1-2H3. The van der Waals surface area contributed by atoms with Crippen LogP contribution in [-0.4, -0.2) is 48.6 Å². The number of nitrogens with zero attached hydrogens (tertiary/aromatic N) is 2. The molecule has 0 aromatic carbocycles. The molecule has 1 saturated heterocycles. The molecule has 0 aromatic heterocycles. The van der Waals surface area contributed by atoms with Crippen LogP contribution in [0.5, 0.6) is 0 Å². The highest BCUT2D eigenvalue weighted by Gasteiger charge is 2.19. The van der Waals surface area contributed by atoms with Crippen molar-refractivity contribution in [2.75, 3.05) is 32.7 Å². The fourth-order valence-electron chi connectivity index (χ4n) is 3.12. The van der Waals surface area contributed by atoms with Crippen molar-refractivity contribution in [3.05, 3.63) is 0 Å². The Hall–Kier alpha value is -0.0800. The first-order valence-electron chi connectivity index (χ1n) is 9.13. The summed E-state index contributed by atoms with van der Waals surface area (Å²) in [5.74, 6) is 0.975. The van der Waals surface area contributed by atoms with Gasteiger partial charge in [-0.3, -0.25) is 4.90 Å². The van der Waals surface area contributed by atoms with E-state index in [4.69, 9.17) is 0 Å². The monoisotopic (exact) mass is 284 g/mol. The van der Waals surface area contributed by atoms with Gasteiger partial charge in [0.05, 0.1) is 0 Å². The summed E-state index contributed by atoms with van der Waals surface area (Å²) in [5, 5.41) is 0. The normalized spacial score (nSPS) is 17.4. The van der Waals surface area contributed by atoms with Crippen LogP contribution in [0.25, 0.3) is 0 Å². The molecule has 20 heavy (non-hydrogen) atoms. The molecule has 0 unspecified atom stereocenters. The van der Waals surface area contributed by atoms with Crippen molar-refractivity contribution in [2.45, 2.75) is 79.7 Å². The molecule has 1 fully saturated rings. The van der Waals surface area contributed by atoms with Crippen LogP contribution in [0.4, 0.5) is 0 Å². The molecule has 2 nitrogen and oxygen atoms in total. The maximum Gasteiger partial charge on any atom is 0.0113 e. The third kappa shape index (κ3) is 8.26. The van der Waals surface area contributed by atoms with Gasteiger partial charge in [0.15, 0.2) is 0 Å². The SMILES string of the molecule is CC.CCCC(CCC)CCN1CCN(C(C)C)CC1. The van der Waals surface area contributed by atoms with Crippen molar-refractivity contribution in [1.29, 1.82) is 0 Å². The van der Waals surface area contributed by atoms with Gasteiger partial charge in [-0.05, 0) is 32.7 Å². The summed E-state index contributed by atoms with van der Waals surface area (Å²) >= 11 is 0. The zero-order chi connectivity index (χ0) is 15.4. The first-order chi connectivity index (χ1) is 9.67. The van der Waals surface area contributed by atoms with Crippen LogP contribution in [0, 0.1) is 5.92 Å². The van der Waals surface area contributed by atoms with Gasteiger partial charge in [-0.1, -0.05) is 53.4 Å². The Morgan fingerprint density at radius 2 is 1.30 bits per heavy atom. The average Bonchev–Trinajstić information content (AvgIpc) is 2.48. The van der Waals surface area contributed by atoms with Crippen molar-refractivity contribution in [3.8, 4) is 0 Å². The summed E-state index contributed by atoms with van der Waals surface area (Å²) in [7, 11) is 0. The van der Waals surface area contributed by atoms with E-state index in [2.05, 4.69) is 37.5 Å². The Balaban J connectivity index is 0.00000172. The predicted octanol–water partition coefficient (Wildman–Crippen LogP) is 4.65. The quantitative estimate of drug-likeness (QED) is 0.640. The van der Waals surface area contributed by atoms with Crippen LogP contribution >= 0.6 is 0 Å². The molecule has 122 valence electrons. The smallest absolute Gasteiger partial charge is 0.0113 e. The van der Waals surface area contributed by atoms with Gasteiger partial charge >= 0.3 is 0 Å². The van der Waals surface area contributed by atoms with Crippen molar-refractivity contribution < 1.29 is 0 Å². The molecule has 0 radical (unpaired) electrons. The number of hydrogen-bond donors (Lipinski definition) is 0. The summed E-state index contributed by atoms with van der Waals surface area (Å²) in [4.78, 5) is 5.28. The minimum atomic E-state index is 0.722. The van der Waals surface area contributed by atoms with E-state index in [0.29, 0.717) is 0 Å². The molecular formula is C18H40N2. The summed E-state index contributed by atoms with van der Waals surface area (Å²) in [5.41, 5.74) is 0. The molecule has 1 heterocycles. The fourth-order valence-corrected chi connectivity index (χ4v) is 3.12. The van der Waals surface area contributed by atoms with Crippen LogP contribution in [0.3, 0.4) is 0 Å². The van der Waals surface area contributed by atoms with Gasteiger partial charge < -0.3 is 4.90 Å². The summed E-state index contributed by atoms with van der Waals surface area (Å²) < 4.78 is 0. The van der Waals surface area contributed by atoms with E-state index < -0.39 is 0 Å². The molecule has 0 spiro atoms. The molecule has 2 heteroatoms. The second-order valence-corrected chi connectivity index (χ2v) is 6.20. The van der Waals surface area contributed by atoms with Gasteiger partial charge in [-0.15, -0.1) is 0 Å². The summed E-state index contributed by atoms with van der Waals surface area (Å²) in [6, 6.07) is 0.722. The molecule has 0 amide bonds. The highest BCUT2D eigenvalue weighted by Crippen LogP contribution is 2.18. The predicted molar refractivity (Wildman–Crippen MR) is 92.4 cm³/mol. The second-order valence-electron chi connectivity index (χ2n) is 6.20. The maximum absolute atomic E-state index is 2.68. The van der Waals surface area contributed by atoms with Crippen LogP contribution in [0.1, 0.15) is 73.6 Å². The van der Waals surface area contributed by atoms with Gasteiger partial charge in [0.25, 0.3) is 0 Å². The molecule has 1 aliphatic rings. The largest absolute Gasteiger partial charge is 0.301 e. The Morgan fingerprint density at radius 1 is 0.800 bits per heavy atom. The molecule has 0 atom stereocenters. The Bertz CT molecular complexity index is 190. The summed E-state index contributed by atoms with van der Waals surface area (Å²) in [6.07, 6.45) is 6.99. The van der Waals surface area contributed by atoms with Crippen molar-refractivity contribution >= 4 is 0 Å². The van der Waals surface area contributed by atoms with Crippen LogP contribution in [-0.2, 0) is 0 Å².